The van der Waals surface area contributed by atoms with Crippen LogP contribution in [0.15, 0.2) is 53.0 Å². The summed E-state index contributed by atoms with van der Waals surface area (Å²) in [4.78, 5) is 0. The van der Waals surface area contributed by atoms with Crippen molar-refractivity contribution in [1.82, 2.24) is 0 Å². The molecular formula is C24H26BrP. The lowest BCUT2D eigenvalue weighted by Gasteiger charge is -2.28. The third-order valence-electron chi connectivity index (χ3n) is 4.81. The van der Waals surface area contributed by atoms with Gasteiger partial charge in [0.2, 0.25) is 0 Å². The zero-order valence-corrected chi connectivity index (χ0v) is 18.9. The van der Waals surface area contributed by atoms with E-state index in [9.17, 15) is 0 Å². The highest BCUT2D eigenvalue weighted by atomic mass is 79.9. The van der Waals surface area contributed by atoms with Crippen LogP contribution in [0.4, 0.5) is 0 Å². The Kier molecular flexibility index (Phi) is 5.70. The van der Waals surface area contributed by atoms with Crippen LogP contribution in [0, 0.1) is 41.5 Å². The molecule has 0 amide bonds. The predicted octanol–water partition coefficient (Wildman–Crippen LogP) is 6.06. The number of rotatable bonds is 3. The van der Waals surface area contributed by atoms with Crippen molar-refractivity contribution < 1.29 is 0 Å². The van der Waals surface area contributed by atoms with E-state index in [-0.39, 0.29) is 0 Å². The lowest BCUT2D eigenvalue weighted by molar-refractivity contribution is 1.34. The summed E-state index contributed by atoms with van der Waals surface area (Å²) in [5.74, 6) is 0. The highest BCUT2D eigenvalue weighted by molar-refractivity contribution is 9.10. The minimum absolute atomic E-state index is 0.622. The molecule has 0 radical (unpaired) electrons. The topological polar surface area (TPSA) is 0 Å². The third kappa shape index (κ3) is 3.66. The lowest BCUT2D eigenvalue weighted by atomic mass is 10.1. The summed E-state index contributed by atoms with van der Waals surface area (Å²) in [6.07, 6.45) is 0. The van der Waals surface area contributed by atoms with E-state index in [1.54, 1.807) is 0 Å². The Labute approximate surface area is 167 Å². The molecule has 0 heterocycles. The van der Waals surface area contributed by atoms with Crippen LogP contribution in [0.2, 0.25) is 0 Å². The Morgan fingerprint density at radius 2 is 1.00 bits per heavy atom. The Hall–Kier alpha value is -1.43. The molecule has 2 heteroatoms. The highest BCUT2D eigenvalue weighted by Gasteiger charge is 2.25. The maximum atomic E-state index is 3.83. The molecule has 3 aromatic rings. The van der Waals surface area contributed by atoms with E-state index in [1.165, 1.54) is 53.8 Å². The van der Waals surface area contributed by atoms with Gasteiger partial charge in [-0.25, -0.2) is 0 Å². The number of benzene rings is 3. The molecule has 0 N–H and O–H groups in total. The van der Waals surface area contributed by atoms with Gasteiger partial charge < -0.3 is 0 Å². The van der Waals surface area contributed by atoms with Crippen LogP contribution in [0.3, 0.4) is 0 Å². The molecule has 0 aromatic heterocycles. The molecule has 0 spiro atoms. The van der Waals surface area contributed by atoms with Gasteiger partial charge in [-0.15, -0.1) is 0 Å². The van der Waals surface area contributed by atoms with Crippen molar-refractivity contribution in [3.63, 3.8) is 0 Å². The van der Waals surface area contributed by atoms with Gasteiger partial charge in [-0.3, -0.25) is 0 Å². The van der Waals surface area contributed by atoms with Crippen molar-refractivity contribution in [3.8, 4) is 0 Å². The summed E-state index contributed by atoms with van der Waals surface area (Å²) in [5, 5.41) is 4.38. The van der Waals surface area contributed by atoms with Crippen LogP contribution in [0.5, 0.6) is 0 Å². The molecule has 0 unspecified atom stereocenters. The number of aryl methyl sites for hydroxylation is 6. The number of hydrogen-bond donors (Lipinski definition) is 0. The van der Waals surface area contributed by atoms with Crippen molar-refractivity contribution in [3.05, 3.63) is 86.4 Å². The van der Waals surface area contributed by atoms with Crippen LogP contribution in [-0.4, -0.2) is 0 Å². The summed E-state index contributed by atoms with van der Waals surface area (Å²) in [7, 11) is -0.622. The van der Waals surface area contributed by atoms with E-state index in [2.05, 4.69) is 106 Å². The summed E-state index contributed by atoms with van der Waals surface area (Å²) in [5.41, 5.74) is 8.24. The zero-order chi connectivity index (χ0) is 19.0. The molecule has 134 valence electrons. The molecule has 0 atom stereocenters. The second kappa shape index (κ2) is 7.67. The number of hydrogen-bond acceptors (Lipinski definition) is 0. The second-order valence-corrected chi connectivity index (χ2v) is 10.2. The van der Waals surface area contributed by atoms with Gasteiger partial charge in [-0.2, -0.15) is 0 Å². The van der Waals surface area contributed by atoms with Crippen molar-refractivity contribution in [2.75, 3.05) is 0 Å². The Morgan fingerprint density at radius 3 is 1.38 bits per heavy atom. The van der Waals surface area contributed by atoms with Gasteiger partial charge in [0.1, 0.15) is 0 Å². The molecule has 0 aliphatic carbocycles. The van der Waals surface area contributed by atoms with E-state index in [0.717, 1.165) is 0 Å². The van der Waals surface area contributed by atoms with Crippen LogP contribution >= 0.6 is 23.9 Å². The molecule has 3 rings (SSSR count). The van der Waals surface area contributed by atoms with Crippen molar-refractivity contribution in [1.29, 1.82) is 0 Å². The highest BCUT2D eigenvalue weighted by Crippen LogP contribution is 2.40. The van der Waals surface area contributed by atoms with E-state index in [0.29, 0.717) is 0 Å². The standard InChI is InChI=1S/C24H26BrP/c1-15-11-17(3)23(18(4)12-15)26(22-10-8-7-9-21(22)25)24-19(5)13-16(2)14-20(24)6/h7-14H,1-6H3. The Balaban J connectivity index is 2.39. The van der Waals surface area contributed by atoms with Gasteiger partial charge >= 0.3 is 0 Å². The first kappa shape index (κ1) is 19.3. The zero-order valence-electron chi connectivity index (χ0n) is 16.4. The average molecular weight is 425 g/mol. The van der Waals surface area contributed by atoms with Gasteiger partial charge in [0.05, 0.1) is 0 Å². The summed E-state index contributed by atoms with van der Waals surface area (Å²) >= 11 is 3.83. The van der Waals surface area contributed by atoms with Gasteiger partial charge in [0.15, 0.2) is 0 Å². The molecule has 0 bridgehead atoms. The van der Waals surface area contributed by atoms with Gasteiger partial charge in [-0.05, 0) is 93.7 Å². The number of halogens is 1. The molecular weight excluding hydrogens is 399 g/mol. The van der Waals surface area contributed by atoms with Gasteiger partial charge in [0, 0.05) is 4.47 Å². The first-order valence-electron chi connectivity index (χ1n) is 9.00. The quantitative estimate of drug-likeness (QED) is 0.448. The normalized spacial score (nSPS) is 11.2. The maximum Gasteiger partial charge on any atom is 0.0258 e. The maximum absolute atomic E-state index is 3.83. The molecule has 3 aromatic carbocycles. The summed E-state index contributed by atoms with van der Waals surface area (Å²) in [6, 6.07) is 18.0. The average Bonchev–Trinajstić information content (AvgIpc) is 2.52. The SMILES string of the molecule is Cc1cc(C)c(P(c2ccccc2Br)c2c(C)cc(C)cc2C)c(C)c1. The van der Waals surface area contributed by atoms with Crippen molar-refractivity contribution >= 4 is 39.8 Å². The molecule has 0 nitrogen and oxygen atoms in total. The second-order valence-electron chi connectivity index (χ2n) is 7.28. The fraction of sp³-hybridized carbons (Fsp3) is 0.250. The molecule has 0 saturated heterocycles. The molecule has 0 fully saturated rings. The minimum atomic E-state index is -0.622. The first-order chi connectivity index (χ1) is 12.3. The first-order valence-corrected chi connectivity index (χ1v) is 11.1. The fourth-order valence-electron chi connectivity index (χ4n) is 4.04. The van der Waals surface area contributed by atoms with E-state index >= 15 is 0 Å². The van der Waals surface area contributed by atoms with Crippen LogP contribution < -0.4 is 15.9 Å². The Morgan fingerprint density at radius 1 is 0.615 bits per heavy atom. The van der Waals surface area contributed by atoms with Crippen LogP contribution in [0.1, 0.15) is 33.4 Å². The fourth-order valence-corrected chi connectivity index (χ4v) is 7.75. The van der Waals surface area contributed by atoms with Crippen LogP contribution in [0.25, 0.3) is 0 Å². The van der Waals surface area contributed by atoms with Crippen molar-refractivity contribution in [2.45, 2.75) is 41.5 Å². The molecule has 0 saturated carbocycles. The third-order valence-corrected chi connectivity index (χ3v) is 8.99. The van der Waals surface area contributed by atoms with Gasteiger partial charge in [0.25, 0.3) is 0 Å². The molecule has 0 aliphatic heterocycles. The largest absolute Gasteiger partial charge is 0.0615 e. The lowest BCUT2D eigenvalue weighted by Crippen LogP contribution is -2.28. The predicted molar refractivity (Wildman–Crippen MR) is 121 cm³/mol. The van der Waals surface area contributed by atoms with E-state index in [4.69, 9.17) is 0 Å². The molecule has 0 aliphatic rings. The van der Waals surface area contributed by atoms with E-state index < -0.39 is 7.92 Å². The smallest absolute Gasteiger partial charge is 0.0258 e. The summed E-state index contributed by atoms with van der Waals surface area (Å²) < 4.78 is 1.20. The van der Waals surface area contributed by atoms with Crippen molar-refractivity contribution in [2.24, 2.45) is 0 Å². The monoisotopic (exact) mass is 424 g/mol. The van der Waals surface area contributed by atoms with Crippen LogP contribution in [-0.2, 0) is 0 Å². The summed E-state index contributed by atoms with van der Waals surface area (Å²) in [6.45, 7) is 13.4. The molecule has 26 heavy (non-hydrogen) atoms. The van der Waals surface area contributed by atoms with E-state index in [1.807, 2.05) is 0 Å². The Bertz CT molecular complexity index is 868. The minimum Gasteiger partial charge on any atom is -0.0615 e. The van der Waals surface area contributed by atoms with Gasteiger partial charge in [-0.1, -0.05) is 69.5 Å².